The number of ether oxygens (including phenoxy) is 1. The molecule has 162 valence electrons. The molecule has 0 aliphatic carbocycles. The molecule has 2 aromatic carbocycles. The molecule has 2 aromatic heterocycles. The van der Waals surface area contributed by atoms with Gasteiger partial charge in [-0.05, 0) is 55.5 Å². The highest BCUT2D eigenvalue weighted by Gasteiger charge is 2.15. The molecule has 32 heavy (non-hydrogen) atoms. The van der Waals surface area contributed by atoms with Crippen LogP contribution in [0, 0.1) is 10.1 Å². The molecule has 9 nitrogen and oxygen atoms in total. The number of hydrogen-bond donors (Lipinski definition) is 1. The Bertz CT molecular complexity index is 1340. The van der Waals surface area contributed by atoms with Crippen molar-refractivity contribution in [3.63, 3.8) is 0 Å². The van der Waals surface area contributed by atoms with Crippen molar-refractivity contribution in [3.8, 4) is 17.1 Å². The lowest BCUT2D eigenvalue weighted by atomic mass is 10.1. The summed E-state index contributed by atoms with van der Waals surface area (Å²) in [7, 11) is 0. The zero-order chi connectivity index (χ0) is 22.7. The Balaban J connectivity index is 1.44. The van der Waals surface area contributed by atoms with E-state index in [1.165, 1.54) is 18.3 Å². The molecule has 2 heterocycles. The SMILES string of the molecule is CCOc1ccc2oc(C(=O)N/N=C\c3ccc(-c4ccc(Cl)c([N+](=O)[O-])c4)o3)cc2c1. The minimum Gasteiger partial charge on any atom is -0.494 e. The first-order valence-electron chi connectivity index (χ1n) is 9.48. The number of furan rings is 2. The second-order valence-electron chi connectivity index (χ2n) is 6.57. The first-order valence-corrected chi connectivity index (χ1v) is 9.86. The number of fused-ring (bicyclic) bond motifs is 1. The van der Waals surface area contributed by atoms with E-state index >= 15 is 0 Å². The largest absolute Gasteiger partial charge is 0.494 e. The molecular weight excluding hydrogens is 438 g/mol. The van der Waals surface area contributed by atoms with Gasteiger partial charge >= 0.3 is 5.91 Å². The lowest BCUT2D eigenvalue weighted by molar-refractivity contribution is -0.384. The van der Waals surface area contributed by atoms with Crippen molar-refractivity contribution in [2.75, 3.05) is 6.61 Å². The standard InChI is InChI=1S/C22H16ClN3O6/c1-2-30-15-4-7-20-14(9-15)11-21(32-20)22(27)25-24-12-16-5-8-19(31-16)13-3-6-17(23)18(10-13)26(28)29/h3-12H,2H2,1H3,(H,25,27)/b24-12-. The lowest BCUT2D eigenvalue weighted by Gasteiger charge is -2.00. The molecule has 0 spiro atoms. The molecule has 0 bridgehead atoms. The van der Waals surface area contributed by atoms with E-state index in [2.05, 4.69) is 10.5 Å². The van der Waals surface area contributed by atoms with E-state index in [0.29, 0.717) is 35.0 Å². The number of carbonyl (C=O) groups is 1. The van der Waals surface area contributed by atoms with Gasteiger partial charge < -0.3 is 13.6 Å². The van der Waals surface area contributed by atoms with Crippen molar-refractivity contribution in [2.24, 2.45) is 5.10 Å². The summed E-state index contributed by atoms with van der Waals surface area (Å²) in [6.07, 6.45) is 1.31. The first kappa shape index (κ1) is 21.1. The van der Waals surface area contributed by atoms with Gasteiger partial charge in [-0.3, -0.25) is 14.9 Å². The fraction of sp³-hybridized carbons (Fsp3) is 0.0909. The van der Waals surface area contributed by atoms with Gasteiger partial charge in [0.15, 0.2) is 5.76 Å². The number of rotatable bonds is 7. The monoisotopic (exact) mass is 453 g/mol. The molecule has 0 fully saturated rings. The average molecular weight is 454 g/mol. The number of carbonyl (C=O) groups excluding carboxylic acids is 1. The maximum atomic E-state index is 12.3. The molecular formula is C22H16ClN3O6. The van der Waals surface area contributed by atoms with Crippen LogP contribution in [0.4, 0.5) is 5.69 Å². The Morgan fingerprint density at radius 1 is 1.19 bits per heavy atom. The summed E-state index contributed by atoms with van der Waals surface area (Å²) in [4.78, 5) is 22.8. The number of benzene rings is 2. The van der Waals surface area contributed by atoms with E-state index in [4.69, 9.17) is 25.2 Å². The molecule has 0 aliphatic heterocycles. The summed E-state index contributed by atoms with van der Waals surface area (Å²) in [5, 5.41) is 15.7. The van der Waals surface area contributed by atoms with Crippen molar-refractivity contribution in [1.29, 1.82) is 0 Å². The molecule has 1 N–H and O–H groups in total. The zero-order valence-corrected chi connectivity index (χ0v) is 17.5. The molecule has 4 rings (SSSR count). The molecule has 0 atom stereocenters. The van der Waals surface area contributed by atoms with E-state index in [0.717, 1.165) is 5.39 Å². The van der Waals surface area contributed by atoms with Crippen LogP contribution in [-0.2, 0) is 0 Å². The van der Waals surface area contributed by atoms with Gasteiger partial charge in [0.1, 0.15) is 27.9 Å². The Morgan fingerprint density at radius 3 is 2.81 bits per heavy atom. The molecule has 0 saturated heterocycles. The van der Waals surface area contributed by atoms with Crippen molar-refractivity contribution in [3.05, 3.63) is 81.3 Å². The molecule has 1 amide bonds. The lowest BCUT2D eigenvalue weighted by Crippen LogP contribution is -2.16. The van der Waals surface area contributed by atoms with Gasteiger partial charge in [-0.2, -0.15) is 5.10 Å². The predicted octanol–water partition coefficient (Wildman–Crippen LogP) is 5.42. The molecule has 0 radical (unpaired) electrons. The van der Waals surface area contributed by atoms with Crippen LogP contribution in [0.2, 0.25) is 5.02 Å². The number of hydrazone groups is 1. The summed E-state index contributed by atoms with van der Waals surface area (Å²) in [5.74, 6) is 0.976. The first-order chi connectivity index (χ1) is 15.4. The van der Waals surface area contributed by atoms with Crippen molar-refractivity contribution >= 4 is 40.4 Å². The second kappa shape index (κ2) is 8.94. The van der Waals surface area contributed by atoms with Crippen LogP contribution in [0.3, 0.4) is 0 Å². The summed E-state index contributed by atoms with van der Waals surface area (Å²) in [5.41, 5.74) is 3.18. The van der Waals surface area contributed by atoms with Crippen LogP contribution in [0.25, 0.3) is 22.3 Å². The number of amides is 1. The van der Waals surface area contributed by atoms with Crippen LogP contribution < -0.4 is 10.2 Å². The van der Waals surface area contributed by atoms with E-state index in [9.17, 15) is 14.9 Å². The minimum absolute atomic E-state index is 0.0366. The average Bonchev–Trinajstić information content (AvgIpc) is 3.41. The Morgan fingerprint density at radius 2 is 2.03 bits per heavy atom. The van der Waals surface area contributed by atoms with Crippen molar-refractivity contribution in [1.82, 2.24) is 5.43 Å². The number of nitrogens with zero attached hydrogens (tertiary/aromatic N) is 2. The summed E-state index contributed by atoms with van der Waals surface area (Å²) in [6.45, 7) is 2.42. The third kappa shape index (κ3) is 4.47. The predicted molar refractivity (Wildman–Crippen MR) is 118 cm³/mol. The quantitative estimate of drug-likeness (QED) is 0.227. The molecule has 0 saturated carbocycles. The Labute approximate surface area is 186 Å². The normalized spacial score (nSPS) is 11.2. The summed E-state index contributed by atoms with van der Waals surface area (Å²) < 4.78 is 16.6. The van der Waals surface area contributed by atoms with Gasteiger partial charge in [-0.25, -0.2) is 5.43 Å². The van der Waals surface area contributed by atoms with Gasteiger partial charge in [0.05, 0.1) is 17.7 Å². The second-order valence-corrected chi connectivity index (χ2v) is 6.97. The van der Waals surface area contributed by atoms with Crippen LogP contribution in [0.1, 0.15) is 23.2 Å². The van der Waals surface area contributed by atoms with Crippen LogP contribution in [0.15, 0.2) is 68.5 Å². The number of nitrogens with one attached hydrogen (secondary N) is 1. The van der Waals surface area contributed by atoms with Gasteiger partial charge in [-0.15, -0.1) is 0 Å². The molecule has 0 unspecified atom stereocenters. The number of hydrogen-bond acceptors (Lipinski definition) is 7. The van der Waals surface area contributed by atoms with Gasteiger partial charge in [0.2, 0.25) is 0 Å². The maximum Gasteiger partial charge on any atom is 0.307 e. The molecule has 4 aromatic rings. The van der Waals surface area contributed by atoms with E-state index in [1.54, 1.807) is 42.5 Å². The van der Waals surface area contributed by atoms with Crippen molar-refractivity contribution < 1.29 is 23.3 Å². The summed E-state index contributed by atoms with van der Waals surface area (Å²) in [6, 6.07) is 14.5. The van der Waals surface area contributed by atoms with Crippen LogP contribution >= 0.6 is 11.6 Å². The highest BCUT2D eigenvalue weighted by atomic mass is 35.5. The van der Waals surface area contributed by atoms with Gasteiger partial charge in [-0.1, -0.05) is 11.6 Å². The van der Waals surface area contributed by atoms with E-state index in [1.807, 2.05) is 6.92 Å². The smallest absolute Gasteiger partial charge is 0.307 e. The third-order valence-corrected chi connectivity index (χ3v) is 4.75. The molecule has 10 heteroatoms. The van der Waals surface area contributed by atoms with E-state index < -0.39 is 10.8 Å². The Kier molecular flexibility index (Phi) is 5.91. The van der Waals surface area contributed by atoms with Crippen LogP contribution in [-0.4, -0.2) is 23.7 Å². The van der Waals surface area contributed by atoms with Gasteiger partial charge in [0.25, 0.3) is 5.69 Å². The highest BCUT2D eigenvalue weighted by Crippen LogP contribution is 2.31. The number of nitro benzene ring substituents is 1. The van der Waals surface area contributed by atoms with Crippen molar-refractivity contribution in [2.45, 2.75) is 6.92 Å². The highest BCUT2D eigenvalue weighted by molar-refractivity contribution is 6.32. The topological polar surface area (TPSA) is 120 Å². The molecule has 0 aliphatic rings. The van der Waals surface area contributed by atoms with Crippen LogP contribution in [0.5, 0.6) is 5.75 Å². The fourth-order valence-electron chi connectivity index (χ4n) is 2.98. The minimum atomic E-state index is -0.567. The maximum absolute atomic E-state index is 12.3. The van der Waals surface area contributed by atoms with Gasteiger partial charge in [0, 0.05) is 17.0 Å². The van der Waals surface area contributed by atoms with E-state index in [-0.39, 0.29) is 16.5 Å². The zero-order valence-electron chi connectivity index (χ0n) is 16.7. The fourth-order valence-corrected chi connectivity index (χ4v) is 3.17. The third-order valence-electron chi connectivity index (χ3n) is 4.43. The Hall–Kier alpha value is -4.11. The number of nitro groups is 1. The summed E-state index contributed by atoms with van der Waals surface area (Å²) >= 11 is 5.83. The number of halogens is 1.